The van der Waals surface area contributed by atoms with Crippen molar-refractivity contribution in [3.63, 3.8) is 0 Å². The fourth-order valence-corrected chi connectivity index (χ4v) is 1.89. The van der Waals surface area contributed by atoms with E-state index in [0.717, 1.165) is 5.56 Å². The monoisotopic (exact) mass is 290 g/mol. The largest absolute Gasteiger partial charge is 0.478 e. The van der Waals surface area contributed by atoms with Crippen LogP contribution in [0, 0.1) is 6.92 Å². The number of carbonyl (C=O) groups is 2. The predicted molar refractivity (Wildman–Crippen MR) is 75.3 cm³/mol. The third-order valence-corrected chi connectivity index (χ3v) is 3.21. The SMILES string of the molecule is Cc1cccc(C(=O)Nc2ncccc2C(=O)O)c1Cl. The van der Waals surface area contributed by atoms with Crippen molar-refractivity contribution in [2.75, 3.05) is 5.32 Å². The third-order valence-electron chi connectivity index (χ3n) is 2.71. The second-order valence-corrected chi connectivity index (χ2v) is 4.47. The van der Waals surface area contributed by atoms with Crippen molar-refractivity contribution < 1.29 is 14.7 Å². The molecule has 0 fully saturated rings. The molecular formula is C14H11ClN2O3. The van der Waals surface area contributed by atoms with Crippen LogP contribution in [0.25, 0.3) is 0 Å². The van der Waals surface area contributed by atoms with Crippen molar-refractivity contribution >= 4 is 29.3 Å². The number of nitrogens with one attached hydrogen (secondary N) is 1. The van der Waals surface area contributed by atoms with Gasteiger partial charge in [0.2, 0.25) is 0 Å². The van der Waals surface area contributed by atoms with E-state index in [9.17, 15) is 9.59 Å². The zero-order valence-electron chi connectivity index (χ0n) is 10.6. The minimum Gasteiger partial charge on any atom is -0.478 e. The highest BCUT2D eigenvalue weighted by Gasteiger charge is 2.16. The number of hydrogen-bond donors (Lipinski definition) is 2. The van der Waals surface area contributed by atoms with Gasteiger partial charge in [-0.15, -0.1) is 0 Å². The minimum atomic E-state index is -1.16. The second kappa shape index (κ2) is 5.71. The van der Waals surface area contributed by atoms with Crippen molar-refractivity contribution in [3.8, 4) is 0 Å². The normalized spacial score (nSPS) is 10.1. The lowest BCUT2D eigenvalue weighted by Crippen LogP contribution is -2.16. The topological polar surface area (TPSA) is 79.3 Å². The van der Waals surface area contributed by atoms with Crippen molar-refractivity contribution in [2.45, 2.75) is 6.92 Å². The molecule has 0 saturated carbocycles. The lowest BCUT2D eigenvalue weighted by Gasteiger charge is -2.09. The molecule has 0 unspecified atom stereocenters. The molecule has 0 atom stereocenters. The van der Waals surface area contributed by atoms with Crippen LogP contribution in [0.1, 0.15) is 26.3 Å². The Kier molecular flexibility index (Phi) is 4.00. The summed E-state index contributed by atoms with van der Waals surface area (Å²) in [5.41, 5.74) is 0.956. The van der Waals surface area contributed by atoms with Gasteiger partial charge in [0.15, 0.2) is 0 Å². The van der Waals surface area contributed by atoms with Gasteiger partial charge in [-0.1, -0.05) is 23.7 Å². The molecule has 0 saturated heterocycles. The maximum absolute atomic E-state index is 12.1. The zero-order chi connectivity index (χ0) is 14.7. The average Bonchev–Trinajstić information content (AvgIpc) is 2.42. The predicted octanol–water partition coefficient (Wildman–Crippen LogP) is 2.99. The van der Waals surface area contributed by atoms with E-state index in [1.165, 1.54) is 18.3 Å². The quantitative estimate of drug-likeness (QED) is 0.911. The molecule has 0 aliphatic rings. The molecule has 2 aromatic rings. The van der Waals surface area contributed by atoms with Crippen molar-refractivity contribution in [3.05, 3.63) is 58.2 Å². The first-order valence-electron chi connectivity index (χ1n) is 5.75. The van der Waals surface area contributed by atoms with Gasteiger partial charge in [-0.05, 0) is 30.7 Å². The highest BCUT2D eigenvalue weighted by atomic mass is 35.5. The Labute approximate surface area is 120 Å². The van der Waals surface area contributed by atoms with E-state index in [4.69, 9.17) is 16.7 Å². The number of nitrogens with zero attached hydrogens (tertiary/aromatic N) is 1. The summed E-state index contributed by atoms with van der Waals surface area (Å²) in [6, 6.07) is 7.89. The molecule has 1 aromatic carbocycles. The van der Waals surface area contributed by atoms with Crippen LogP contribution in [0.3, 0.4) is 0 Å². The standard InChI is InChI=1S/C14H11ClN2O3/c1-8-4-2-5-9(11(8)15)13(18)17-12-10(14(19)20)6-3-7-16-12/h2-7H,1H3,(H,19,20)(H,16,17,18). The van der Waals surface area contributed by atoms with Gasteiger partial charge in [-0.3, -0.25) is 4.79 Å². The molecule has 0 aliphatic heterocycles. The number of aromatic carboxylic acids is 1. The van der Waals surface area contributed by atoms with Crippen LogP contribution in [0.5, 0.6) is 0 Å². The van der Waals surface area contributed by atoms with Gasteiger partial charge in [0, 0.05) is 6.20 Å². The number of hydrogen-bond acceptors (Lipinski definition) is 3. The molecule has 1 amide bonds. The number of benzene rings is 1. The highest BCUT2D eigenvalue weighted by Crippen LogP contribution is 2.21. The summed E-state index contributed by atoms with van der Waals surface area (Å²) in [6.45, 7) is 1.78. The Hall–Kier alpha value is -2.40. The first-order chi connectivity index (χ1) is 9.50. The smallest absolute Gasteiger partial charge is 0.339 e. The maximum atomic E-state index is 12.1. The molecule has 5 nitrogen and oxygen atoms in total. The second-order valence-electron chi connectivity index (χ2n) is 4.10. The lowest BCUT2D eigenvalue weighted by atomic mass is 10.1. The van der Waals surface area contributed by atoms with Gasteiger partial charge >= 0.3 is 5.97 Å². The van der Waals surface area contributed by atoms with E-state index in [2.05, 4.69) is 10.3 Å². The number of halogens is 1. The summed E-state index contributed by atoms with van der Waals surface area (Å²) in [5, 5.41) is 11.8. The van der Waals surface area contributed by atoms with Crippen LogP contribution in [-0.2, 0) is 0 Å². The molecule has 1 heterocycles. The fraction of sp³-hybridized carbons (Fsp3) is 0.0714. The van der Waals surface area contributed by atoms with Gasteiger partial charge < -0.3 is 10.4 Å². The molecule has 0 bridgehead atoms. The first kappa shape index (κ1) is 14.0. The molecule has 1 aromatic heterocycles. The van der Waals surface area contributed by atoms with E-state index >= 15 is 0 Å². The first-order valence-corrected chi connectivity index (χ1v) is 6.13. The van der Waals surface area contributed by atoms with Crippen LogP contribution >= 0.6 is 11.6 Å². The Morgan fingerprint density at radius 3 is 2.60 bits per heavy atom. The van der Waals surface area contributed by atoms with Crippen molar-refractivity contribution in [2.24, 2.45) is 0 Å². The molecular weight excluding hydrogens is 280 g/mol. The summed E-state index contributed by atoms with van der Waals surface area (Å²) >= 11 is 6.06. The molecule has 102 valence electrons. The number of aromatic nitrogens is 1. The number of amides is 1. The average molecular weight is 291 g/mol. The number of carboxylic acids is 1. The Bertz CT molecular complexity index is 686. The van der Waals surface area contributed by atoms with Crippen LogP contribution in [-0.4, -0.2) is 22.0 Å². The summed E-state index contributed by atoms with van der Waals surface area (Å²) < 4.78 is 0. The van der Waals surface area contributed by atoms with E-state index in [0.29, 0.717) is 5.02 Å². The van der Waals surface area contributed by atoms with Gasteiger partial charge in [-0.2, -0.15) is 0 Å². The Morgan fingerprint density at radius 2 is 1.90 bits per heavy atom. The summed E-state index contributed by atoms with van der Waals surface area (Å²) in [4.78, 5) is 27.0. The van der Waals surface area contributed by atoms with Crippen LogP contribution in [0.15, 0.2) is 36.5 Å². The lowest BCUT2D eigenvalue weighted by molar-refractivity contribution is 0.0697. The molecule has 0 aliphatic carbocycles. The van der Waals surface area contributed by atoms with E-state index < -0.39 is 11.9 Å². The highest BCUT2D eigenvalue weighted by molar-refractivity contribution is 6.35. The van der Waals surface area contributed by atoms with Gasteiger partial charge in [0.05, 0.1) is 10.6 Å². The van der Waals surface area contributed by atoms with Crippen molar-refractivity contribution in [1.82, 2.24) is 4.98 Å². The molecule has 6 heteroatoms. The van der Waals surface area contributed by atoms with Gasteiger partial charge in [-0.25, -0.2) is 9.78 Å². The Morgan fingerprint density at radius 1 is 1.20 bits per heavy atom. The van der Waals surface area contributed by atoms with E-state index in [1.54, 1.807) is 25.1 Å². The van der Waals surface area contributed by atoms with Crippen LogP contribution in [0.2, 0.25) is 5.02 Å². The van der Waals surface area contributed by atoms with Crippen molar-refractivity contribution in [1.29, 1.82) is 0 Å². The Balaban J connectivity index is 2.33. The van der Waals surface area contributed by atoms with Gasteiger partial charge in [0.1, 0.15) is 11.4 Å². The molecule has 2 rings (SSSR count). The van der Waals surface area contributed by atoms with Gasteiger partial charge in [0.25, 0.3) is 5.91 Å². The van der Waals surface area contributed by atoms with Crippen LogP contribution < -0.4 is 5.32 Å². The molecule has 2 N–H and O–H groups in total. The number of carboxylic acid groups (broad SMARTS) is 1. The van der Waals surface area contributed by atoms with E-state index in [-0.39, 0.29) is 16.9 Å². The zero-order valence-corrected chi connectivity index (χ0v) is 11.3. The summed E-state index contributed by atoms with van der Waals surface area (Å²) in [6.07, 6.45) is 1.40. The summed E-state index contributed by atoms with van der Waals surface area (Å²) in [5.74, 6) is -1.67. The number of pyridine rings is 1. The maximum Gasteiger partial charge on any atom is 0.339 e. The molecule has 0 radical (unpaired) electrons. The fourth-order valence-electron chi connectivity index (χ4n) is 1.68. The number of aryl methyl sites for hydroxylation is 1. The number of anilines is 1. The number of rotatable bonds is 3. The van der Waals surface area contributed by atoms with Crippen LogP contribution in [0.4, 0.5) is 5.82 Å². The molecule has 20 heavy (non-hydrogen) atoms. The third kappa shape index (κ3) is 2.78. The van der Waals surface area contributed by atoms with E-state index in [1.807, 2.05) is 0 Å². The molecule has 0 spiro atoms. The number of carbonyl (C=O) groups excluding carboxylic acids is 1. The summed E-state index contributed by atoms with van der Waals surface area (Å²) in [7, 11) is 0. The minimum absolute atomic E-state index is 0.0115.